The number of urea groups is 1. The lowest BCUT2D eigenvalue weighted by Gasteiger charge is -2.25. The SMILES string of the molecule is COc1cc(Br)ccc1CCCNC(=O)N1CCCCO1. The van der Waals surface area contributed by atoms with Crippen molar-refractivity contribution in [2.75, 3.05) is 26.8 Å². The number of benzene rings is 1. The van der Waals surface area contributed by atoms with E-state index in [9.17, 15) is 4.79 Å². The summed E-state index contributed by atoms with van der Waals surface area (Å²) in [6.07, 6.45) is 3.74. The van der Waals surface area contributed by atoms with Crippen molar-refractivity contribution in [3.05, 3.63) is 28.2 Å². The van der Waals surface area contributed by atoms with Gasteiger partial charge >= 0.3 is 6.03 Å². The second-order valence-electron chi connectivity index (χ2n) is 4.93. The Balaban J connectivity index is 1.73. The van der Waals surface area contributed by atoms with Crippen LogP contribution in [0.3, 0.4) is 0 Å². The molecule has 5 nitrogen and oxygen atoms in total. The van der Waals surface area contributed by atoms with Gasteiger partial charge in [-0.25, -0.2) is 9.86 Å². The maximum atomic E-state index is 11.8. The number of halogens is 1. The molecule has 21 heavy (non-hydrogen) atoms. The first-order valence-corrected chi connectivity index (χ1v) is 8.00. The second-order valence-corrected chi connectivity index (χ2v) is 5.85. The number of hydrogen-bond donors (Lipinski definition) is 1. The molecule has 1 heterocycles. The van der Waals surface area contributed by atoms with Crippen LogP contribution in [-0.4, -0.2) is 37.9 Å². The third-order valence-electron chi connectivity index (χ3n) is 3.38. The van der Waals surface area contributed by atoms with Gasteiger partial charge in [-0.15, -0.1) is 0 Å². The van der Waals surface area contributed by atoms with Crippen LogP contribution in [-0.2, 0) is 11.3 Å². The summed E-state index contributed by atoms with van der Waals surface area (Å²) in [6, 6.07) is 5.85. The summed E-state index contributed by atoms with van der Waals surface area (Å²) in [5.74, 6) is 0.870. The summed E-state index contributed by atoms with van der Waals surface area (Å²) in [7, 11) is 1.67. The molecule has 0 aromatic heterocycles. The van der Waals surface area contributed by atoms with Gasteiger partial charge in [0.25, 0.3) is 0 Å². The number of ether oxygens (including phenoxy) is 1. The molecular formula is C15H21BrN2O3. The van der Waals surface area contributed by atoms with E-state index in [0.717, 1.165) is 41.5 Å². The maximum absolute atomic E-state index is 11.8. The molecule has 1 fully saturated rings. The number of carbonyl (C=O) groups is 1. The number of nitrogens with zero attached hydrogens (tertiary/aromatic N) is 1. The largest absolute Gasteiger partial charge is 0.496 e. The predicted molar refractivity (Wildman–Crippen MR) is 84.3 cm³/mol. The smallest absolute Gasteiger partial charge is 0.341 e. The molecular weight excluding hydrogens is 336 g/mol. The van der Waals surface area contributed by atoms with Crippen molar-refractivity contribution >= 4 is 22.0 Å². The van der Waals surface area contributed by atoms with E-state index >= 15 is 0 Å². The van der Waals surface area contributed by atoms with Crippen LogP contribution < -0.4 is 10.1 Å². The molecule has 2 amide bonds. The van der Waals surface area contributed by atoms with E-state index in [0.29, 0.717) is 19.7 Å². The zero-order valence-electron chi connectivity index (χ0n) is 12.2. The van der Waals surface area contributed by atoms with E-state index in [-0.39, 0.29) is 6.03 Å². The Labute approximate surface area is 133 Å². The van der Waals surface area contributed by atoms with Crippen LogP contribution >= 0.6 is 15.9 Å². The summed E-state index contributed by atoms with van der Waals surface area (Å²) in [5, 5.41) is 4.30. The molecule has 1 saturated heterocycles. The first-order chi connectivity index (χ1) is 10.2. The molecule has 0 unspecified atom stereocenters. The number of hydrogen-bond acceptors (Lipinski definition) is 3. The lowest BCUT2D eigenvalue weighted by atomic mass is 10.1. The average molecular weight is 357 g/mol. The minimum Gasteiger partial charge on any atom is -0.496 e. The minimum atomic E-state index is -0.141. The summed E-state index contributed by atoms with van der Waals surface area (Å²) in [5.41, 5.74) is 1.14. The van der Waals surface area contributed by atoms with Crippen molar-refractivity contribution < 1.29 is 14.4 Å². The quantitative estimate of drug-likeness (QED) is 0.824. The number of carbonyl (C=O) groups excluding carboxylic acids is 1. The standard InChI is InChI=1S/C15H21BrN2O3/c1-20-14-11-13(16)7-6-12(14)5-4-8-17-15(19)18-9-2-3-10-21-18/h6-7,11H,2-5,8-10H2,1H3,(H,17,19). The molecule has 1 aliphatic heterocycles. The molecule has 1 aromatic carbocycles. The molecule has 0 aliphatic carbocycles. The molecule has 0 radical (unpaired) electrons. The zero-order chi connectivity index (χ0) is 15.1. The van der Waals surface area contributed by atoms with Crippen LogP contribution in [0.2, 0.25) is 0 Å². The van der Waals surface area contributed by atoms with Crippen LogP contribution in [0.25, 0.3) is 0 Å². The third kappa shape index (κ3) is 4.89. The summed E-state index contributed by atoms with van der Waals surface area (Å²) in [4.78, 5) is 17.1. The molecule has 0 spiro atoms. The van der Waals surface area contributed by atoms with Crippen molar-refractivity contribution in [3.63, 3.8) is 0 Å². The van der Waals surface area contributed by atoms with Gasteiger partial charge in [0, 0.05) is 11.0 Å². The topological polar surface area (TPSA) is 50.8 Å². The molecule has 1 N–H and O–H groups in total. The van der Waals surface area contributed by atoms with E-state index in [4.69, 9.17) is 9.57 Å². The van der Waals surface area contributed by atoms with Crippen LogP contribution in [0.15, 0.2) is 22.7 Å². The maximum Gasteiger partial charge on any atom is 0.341 e. The minimum absolute atomic E-state index is 0.141. The van der Waals surface area contributed by atoms with Crippen molar-refractivity contribution in [2.45, 2.75) is 25.7 Å². The van der Waals surface area contributed by atoms with Crippen LogP contribution in [0.1, 0.15) is 24.8 Å². The molecule has 1 aromatic rings. The number of nitrogens with one attached hydrogen (secondary N) is 1. The Bertz CT molecular complexity index is 476. The van der Waals surface area contributed by atoms with Gasteiger partial charge in [-0.3, -0.25) is 4.84 Å². The van der Waals surface area contributed by atoms with Crippen LogP contribution in [0, 0.1) is 0 Å². The summed E-state index contributed by atoms with van der Waals surface area (Å²) >= 11 is 3.43. The average Bonchev–Trinajstić information content (AvgIpc) is 2.53. The van der Waals surface area contributed by atoms with Gasteiger partial charge in [-0.1, -0.05) is 22.0 Å². The number of rotatable bonds is 5. The molecule has 116 valence electrons. The highest BCUT2D eigenvalue weighted by Crippen LogP contribution is 2.24. The number of hydroxylamine groups is 2. The van der Waals surface area contributed by atoms with Crippen molar-refractivity contribution in [3.8, 4) is 5.75 Å². The highest BCUT2D eigenvalue weighted by Gasteiger charge is 2.16. The number of methoxy groups -OCH3 is 1. The van der Waals surface area contributed by atoms with E-state index in [1.165, 1.54) is 5.06 Å². The fraction of sp³-hybridized carbons (Fsp3) is 0.533. The van der Waals surface area contributed by atoms with Gasteiger partial charge in [0.15, 0.2) is 0 Å². The monoisotopic (exact) mass is 356 g/mol. The van der Waals surface area contributed by atoms with Gasteiger partial charge < -0.3 is 10.1 Å². The Morgan fingerprint density at radius 2 is 2.33 bits per heavy atom. The first-order valence-electron chi connectivity index (χ1n) is 7.21. The van der Waals surface area contributed by atoms with Gasteiger partial charge in [0.1, 0.15) is 5.75 Å². The normalized spacial score (nSPS) is 14.9. The predicted octanol–water partition coefficient (Wildman–Crippen LogP) is 3.13. The Morgan fingerprint density at radius 3 is 3.05 bits per heavy atom. The van der Waals surface area contributed by atoms with Crippen LogP contribution in [0.4, 0.5) is 4.79 Å². The van der Waals surface area contributed by atoms with E-state index < -0.39 is 0 Å². The van der Waals surface area contributed by atoms with Gasteiger partial charge in [-0.2, -0.15) is 0 Å². The molecule has 2 rings (SSSR count). The van der Waals surface area contributed by atoms with E-state index in [2.05, 4.69) is 21.2 Å². The fourth-order valence-electron chi connectivity index (χ4n) is 2.24. The first kappa shape index (κ1) is 16.1. The van der Waals surface area contributed by atoms with E-state index in [1.54, 1.807) is 7.11 Å². The molecule has 6 heteroatoms. The van der Waals surface area contributed by atoms with Gasteiger partial charge in [-0.05, 0) is 43.4 Å². The number of amides is 2. The third-order valence-corrected chi connectivity index (χ3v) is 3.87. The molecule has 1 aliphatic rings. The van der Waals surface area contributed by atoms with Crippen molar-refractivity contribution in [1.82, 2.24) is 10.4 Å². The Morgan fingerprint density at radius 1 is 1.48 bits per heavy atom. The highest BCUT2D eigenvalue weighted by atomic mass is 79.9. The fourth-order valence-corrected chi connectivity index (χ4v) is 2.58. The van der Waals surface area contributed by atoms with Crippen molar-refractivity contribution in [2.24, 2.45) is 0 Å². The van der Waals surface area contributed by atoms with Gasteiger partial charge in [0.05, 0.1) is 20.3 Å². The molecule has 0 bridgehead atoms. The summed E-state index contributed by atoms with van der Waals surface area (Å²) in [6.45, 7) is 1.92. The Hall–Kier alpha value is -1.27. The Kier molecular flexibility index (Phi) is 6.32. The van der Waals surface area contributed by atoms with Crippen molar-refractivity contribution in [1.29, 1.82) is 0 Å². The number of aryl methyl sites for hydroxylation is 1. The van der Waals surface area contributed by atoms with Gasteiger partial charge in [0.2, 0.25) is 0 Å². The lowest BCUT2D eigenvalue weighted by molar-refractivity contribution is -0.139. The van der Waals surface area contributed by atoms with Crippen LogP contribution in [0.5, 0.6) is 5.75 Å². The highest BCUT2D eigenvalue weighted by molar-refractivity contribution is 9.10. The second kappa shape index (κ2) is 8.24. The molecule has 0 saturated carbocycles. The summed E-state index contributed by atoms with van der Waals surface area (Å²) < 4.78 is 6.35. The lowest BCUT2D eigenvalue weighted by Crippen LogP contribution is -2.43. The zero-order valence-corrected chi connectivity index (χ0v) is 13.8. The molecule has 0 atom stereocenters. The van der Waals surface area contributed by atoms with E-state index in [1.807, 2.05) is 18.2 Å².